The predicted molar refractivity (Wildman–Crippen MR) is 39.4 cm³/mol. The van der Waals surface area contributed by atoms with E-state index in [0.717, 1.165) is 0 Å². The van der Waals surface area contributed by atoms with Crippen molar-refractivity contribution < 1.29 is 14.9 Å². The fourth-order valence-electron chi connectivity index (χ4n) is 1.24. The second kappa shape index (κ2) is 3.06. The Kier molecular flexibility index (Phi) is 2.49. The van der Waals surface area contributed by atoms with Crippen molar-refractivity contribution in [1.29, 1.82) is 0 Å². The highest BCUT2D eigenvalue weighted by Crippen LogP contribution is 2.27. The second-order valence-corrected chi connectivity index (χ2v) is 3.20. The van der Waals surface area contributed by atoms with Crippen LogP contribution >= 0.6 is 0 Å². The molecular weight excluding hydrogens is 146 g/mol. The van der Waals surface area contributed by atoms with Crippen molar-refractivity contribution in [2.75, 3.05) is 0 Å². The molecule has 0 aromatic rings. The minimum absolute atomic E-state index is 0.0197. The van der Waals surface area contributed by atoms with Crippen LogP contribution in [0.3, 0.4) is 0 Å². The van der Waals surface area contributed by atoms with Crippen molar-refractivity contribution in [3.63, 3.8) is 0 Å². The summed E-state index contributed by atoms with van der Waals surface area (Å²) in [7, 11) is 0. The number of rotatable bonds is 0. The Morgan fingerprint density at radius 1 is 1.18 bits per heavy atom. The molecule has 1 heterocycles. The zero-order chi connectivity index (χ0) is 8.59. The van der Waals surface area contributed by atoms with E-state index in [2.05, 4.69) is 0 Å². The molecule has 1 aliphatic heterocycles. The van der Waals surface area contributed by atoms with Crippen LogP contribution in [0.15, 0.2) is 0 Å². The van der Waals surface area contributed by atoms with Crippen molar-refractivity contribution in [3.05, 3.63) is 0 Å². The Bertz CT molecular complexity index is 128. The fraction of sp³-hybridized carbons (Fsp3) is 1.00. The minimum atomic E-state index is -0.844. The first-order valence-electron chi connectivity index (χ1n) is 3.81. The predicted octanol–water partition coefficient (Wildman–Crippen LogP) is -0.747. The van der Waals surface area contributed by atoms with Gasteiger partial charge in [-0.15, -0.1) is 0 Å². The molecule has 0 bridgehead atoms. The van der Waals surface area contributed by atoms with Gasteiger partial charge in [-0.05, 0) is 5.92 Å². The molecule has 1 fully saturated rings. The van der Waals surface area contributed by atoms with Crippen molar-refractivity contribution in [2.24, 2.45) is 17.6 Å². The molecule has 0 aliphatic carbocycles. The normalized spacial score (nSPS) is 52.6. The number of nitrogens with two attached hydrogens (primary N) is 1. The molecule has 1 saturated heterocycles. The molecule has 11 heavy (non-hydrogen) atoms. The lowest BCUT2D eigenvalue weighted by atomic mass is 9.87. The Morgan fingerprint density at radius 3 is 2.27 bits per heavy atom. The highest BCUT2D eigenvalue weighted by molar-refractivity contribution is 4.80. The molecule has 0 spiro atoms. The van der Waals surface area contributed by atoms with Crippen LogP contribution in [0.1, 0.15) is 13.8 Å². The third kappa shape index (κ3) is 1.54. The summed E-state index contributed by atoms with van der Waals surface area (Å²) in [6, 6.07) is 0. The summed E-state index contributed by atoms with van der Waals surface area (Å²) in [5, 5.41) is 18.6. The van der Waals surface area contributed by atoms with Gasteiger partial charge in [0, 0.05) is 5.92 Å². The van der Waals surface area contributed by atoms with Gasteiger partial charge < -0.3 is 20.7 Å². The molecule has 4 N–H and O–H groups in total. The van der Waals surface area contributed by atoms with Crippen LogP contribution in [0, 0.1) is 11.8 Å². The molecule has 0 aromatic heterocycles. The van der Waals surface area contributed by atoms with Gasteiger partial charge >= 0.3 is 0 Å². The van der Waals surface area contributed by atoms with Gasteiger partial charge in [-0.1, -0.05) is 13.8 Å². The van der Waals surface area contributed by atoms with Crippen LogP contribution < -0.4 is 5.73 Å². The Labute approximate surface area is 66.0 Å². The quantitative estimate of drug-likeness (QED) is 0.437. The van der Waals surface area contributed by atoms with E-state index >= 15 is 0 Å². The largest absolute Gasteiger partial charge is 0.389 e. The van der Waals surface area contributed by atoms with Gasteiger partial charge in [-0.25, -0.2) is 0 Å². The van der Waals surface area contributed by atoms with E-state index < -0.39 is 18.6 Å². The average molecular weight is 161 g/mol. The topological polar surface area (TPSA) is 75.7 Å². The zero-order valence-electron chi connectivity index (χ0n) is 6.77. The van der Waals surface area contributed by atoms with Crippen LogP contribution in [0.5, 0.6) is 0 Å². The van der Waals surface area contributed by atoms with Gasteiger partial charge in [-0.2, -0.15) is 0 Å². The summed E-state index contributed by atoms with van der Waals surface area (Å²) in [6.07, 6.45) is -2.27. The lowest BCUT2D eigenvalue weighted by molar-refractivity contribution is -0.241. The van der Waals surface area contributed by atoms with Crippen molar-refractivity contribution >= 4 is 0 Å². The first-order valence-corrected chi connectivity index (χ1v) is 3.81. The van der Waals surface area contributed by atoms with Crippen molar-refractivity contribution in [2.45, 2.75) is 32.5 Å². The van der Waals surface area contributed by atoms with Gasteiger partial charge in [-0.3, -0.25) is 0 Å². The molecular formula is C7H15NO3. The molecule has 0 aromatic carbocycles. The Morgan fingerprint density at radius 2 is 1.73 bits per heavy atom. The molecule has 0 saturated carbocycles. The third-order valence-electron chi connectivity index (χ3n) is 2.45. The first-order chi connectivity index (χ1) is 5.04. The Hall–Kier alpha value is -0.160. The van der Waals surface area contributed by atoms with Crippen LogP contribution in [0.25, 0.3) is 0 Å². The van der Waals surface area contributed by atoms with Gasteiger partial charge in [0.05, 0.1) is 6.10 Å². The van der Waals surface area contributed by atoms with Gasteiger partial charge in [0.15, 0.2) is 6.29 Å². The lowest BCUT2D eigenvalue weighted by Gasteiger charge is -2.38. The summed E-state index contributed by atoms with van der Waals surface area (Å²) in [5.41, 5.74) is 5.39. The SMILES string of the molecule is CC1C(O)OC(N)C(O)C1C. The van der Waals surface area contributed by atoms with Gasteiger partial charge in [0.1, 0.15) is 6.23 Å². The maximum atomic E-state index is 9.37. The van der Waals surface area contributed by atoms with E-state index in [0.29, 0.717) is 0 Å². The molecule has 1 aliphatic rings. The van der Waals surface area contributed by atoms with Gasteiger partial charge in [0.2, 0.25) is 0 Å². The zero-order valence-corrected chi connectivity index (χ0v) is 6.77. The van der Waals surface area contributed by atoms with Crippen LogP contribution in [0.4, 0.5) is 0 Å². The first kappa shape index (κ1) is 8.93. The summed E-state index contributed by atoms with van der Waals surface area (Å²) in [6.45, 7) is 3.67. The maximum absolute atomic E-state index is 9.37. The molecule has 4 heteroatoms. The molecule has 66 valence electrons. The molecule has 5 unspecified atom stereocenters. The maximum Gasteiger partial charge on any atom is 0.159 e. The van der Waals surface area contributed by atoms with E-state index in [4.69, 9.17) is 10.5 Å². The average Bonchev–Trinajstić information content (AvgIpc) is 1.97. The number of aliphatic hydroxyl groups excluding tert-OH is 2. The standard InChI is InChI=1S/C7H15NO3/c1-3-4(2)7(10)11-6(8)5(3)9/h3-7,9-10H,8H2,1-2H3. The summed E-state index contributed by atoms with van der Waals surface area (Å²) in [5.74, 6) is -0.0847. The van der Waals surface area contributed by atoms with Crippen LogP contribution in [0.2, 0.25) is 0 Å². The number of aliphatic hydroxyl groups is 2. The number of hydrogen-bond acceptors (Lipinski definition) is 4. The Balaban J connectivity index is 2.63. The number of ether oxygens (including phenoxy) is 1. The van der Waals surface area contributed by atoms with E-state index in [9.17, 15) is 10.2 Å². The van der Waals surface area contributed by atoms with Crippen LogP contribution in [-0.2, 0) is 4.74 Å². The van der Waals surface area contributed by atoms with Crippen molar-refractivity contribution in [3.8, 4) is 0 Å². The van der Waals surface area contributed by atoms with Crippen LogP contribution in [-0.4, -0.2) is 28.8 Å². The summed E-state index contributed by atoms with van der Waals surface area (Å²) < 4.78 is 4.86. The highest BCUT2D eigenvalue weighted by Gasteiger charge is 2.37. The third-order valence-corrected chi connectivity index (χ3v) is 2.45. The smallest absolute Gasteiger partial charge is 0.159 e. The minimum Gasteiger partial charge on any atom is -0.389 e. The van der Waals surface area contributed by atoms with Gasteiger partial charge in [0.25, 0.3) is 0 Å². The van der Waals surface area contributed by atoms with Crippen molar-refractivity contribution in [1.82, 2.24) is 0 Å². The lowest BCUT2D eigenvalue weighted by Crippen LogP contribution is -2.53. The fourth-order valence-corrected chi connectivity index (χ4v) is 1.24. The molecule has 0 radical (unpaired) electrons. The van der Waals surface area contributed by atoms with E-state index in [1.165, 1.54) is 0 Å². The molecule has 4 nitrogen and oxygen atoms in total. The van der Waals surface area contributed by atoms with E-state index in [1.807, 2.05) is 13.8 Å². The second-order valence-electron chi connectivity index (χ2n) is 3.20. The number of hydrogen-bond donors (Lipinski definition) is 3. The highest BCUT2D eigenvalue weighted by atomic mass is 16.6. The summed E-state index contributed by atoms with van der Waals surface area (Å²) in [4.78, 5) is 0. The van der Waals surface area contributed by atoms with E-state index in [1.54, 1.807) is 0 Å². The molecule has 0 amide bonds. The monoisotopic (exact) mass is 161 g/mol. The van der Waals surface area contributed by atoms with E-state index in [-0.39, 0.29) is 11.8 Å². The molecule has 5 atom stereocenters. The summed E-state index contributed by atoms with van der Waals surface area (Å²) >= 11 is 0. The molecule has 1 rings (SSSR count).